The second kappa shape index (κ2) is 4.51. The van der Waals surface area contributed by atoms with Crippen molar-refractivity contribution in [3.63, 3.8) is 0 Å². The molecule has 0 radical (unpaired) electrons. The normalized spacial score (nSPS) is 27.5. The van der Waals surface area contributed by atoms with Crippen LogP contribution in [0.2, 0.25) is 0 Å². The number of aromatic nitrogens is 2. The molecule has 3 nitrogen and oxygen atoms in total. The van der Waals surface area contributed by atoms with Gasteiger partial charge in [-0.1, -0.05) is 0 Å². The Hall–Kier alpha value is -0.960. The van der Waals surface area contributed by atoms with Crippen LogP contribution >= 0.6 is 0 Å². The molecule has 0 saturated heterocycles. The van der Waals surface area contributed by atoms with Crippen molar-refractivity contribution in [2.45, 2.75) is 31.6 Å². The van der Waals surface area contributed by atoms with Crippen LogP contribution in [0.5, 0.6) is 0 Å². The molecule has 0 aromatic carbocycles. The quantitative estimate of drug-likeness (QED) is 0.774. The van der Waals surface area contributed by atoms with Gasteiger partial charge in [-0.25, -0.2) is 9.97 Å². The van der Waals surface area contributed by atoms with E-state index in [9.17, 15) is 0 Å². The summed E-state index contributed by atoms with van der Waals surface area (Å²) in [4.78, 5) is 8.62. The Morgan fingerprint density at radius 1 is 1.14 bits per heavy atom. The zero-order valence-corrected chi connectivity index (χ0v) is 8.39. The minimum absolute atomic E-state index is 0.569. The van der Waals surface area contributed by atoms with E-state index in [4.69, 9.17) is 5.73 Å². The van der Waals surface area contributed by atoms with Gasteiger partial charge in [0.25, 0.3) is 0 Å². The Bertz CT molecular complexity index is 265. The van der Waals surface area contributed by atoms with E-state index >= 15 is 0 Å². The molecule has 0 atom stereocenters. The van der Waals surface area contributed by atoms with Crippen LogP contribution in [0, 0.1) is 5.92 Å². The summed E-state index contributed by atoms with van der Waals surface area (Å²) in [5.41, 5.74) is 5.66. The molecule has 1 aliphatic rings. The highest BCUT2D eigenvalue weighted by molar-refractivity contribution is 4.98. The lowest BCUT2D eigenvalue weighted by molar-refractivity contribution is 0.325. The topological polar surface area (TPSA) is 51.8 Å². The minimum atomic E-state index is 0.569. The molecule has 0 unspecified atom stereocenters. The molecule has 2 rings (SSSR count). The van der Waals surface area contributed by atoms with Crippen molar-refractivity contribution in [1.82, 2.24) is 9.97 Å². The van der Waals surface area contributed by atoms with Crippen LogP contribution < -0.4 is 5.73 Å². The molecular formula is C11H17N3. The summed E-state index contributed by atoms with van der Waals surface area (Å²) in [6, 6.07) is 1.87. The molecule has 1 aromatic rings. The maximum absolute atomic E-state index is 5.66. The molecule has 3 heteroatoms. The van der Waals surface area contributed by atoms with Crippen molar-refractivity contribution >= 4 is 0 Å². The van der Waals surface area contributed by atoms with Gasteiger partial charge in [0.05, 0.1) is 0 Å². The number of hydrogen-bond donors (Lipinski definition) is 1. The van der Waals surface area contributed by atoms with E-state index in [1.807, 2.05) is 18.5 Å². The van der Waals surface area contributed by atoms with Crippen LogP contribution in [-0.4, -0.2) is 16.5 Å². The first-order valence-electron chi connectivity index (χ1n) is 5.37. The predicted octanol–water partition coefficient (Wildman–Crippen LogP) is 1.71. The van der Waals surface area contributed by atoms with Gasteiger partial charge >= 0.3 is 0 Å². The molecule has 0 aliphatic heterocycles. The van der Waals surface area contributed by atoms with E-state index in [2.05, 4.69) is 9.97 Å². The number of nitrogens with zero attached hydrogens (tertiary/aromatic N) is 2. The molecule has 0 bridgehead atoms. The average molecular weight is 191 g/mol. The number of hydrogen-bond acceptors (Lipinski definition) is 3. The zero-order valence-electron chi connectivity index (χ0n) is 8.39. The van der Waals surface area contributed by atoms with Crippen molar-refractivity contribution in [2.24, 2.45) is 11.7 Å². The lowest BCUT2D eigenvalue weighted by atomic mass is 9.82. The third kappa shape index (κ3) is 2.10. The van der Waals surface area contributed by atoms with Gasteiger partial charge in [-0.3, -0.25) is 0 Å². The van der Waals surface area contributed by atoms with E-state index in [-0.39, 0.29) is 0 Å². The van der Waals surface area contributed by atoms with Gasteiger partial charge in [-0.2, -0.15) is 0 Å². The van der Waals surface area contributed by atoms with E-state index in [0.717, 1.165) is 18.3 Å². The van der Waals surface area contributed by atoms with E-state index in [0.29, 0.717) is 5.92 Å². The lowest BCUT2D eigenvalue weighted by Crippen LogP contribution is -2.21. The number of nitrogens with two attached hydrogens (primary N) is 1. The van der Waals surface area contributed by atoms with Crippen LogP contribution in [-0.2, 0) is 0 Å². The molecule has 1 aromatic heterocycles. The Balaban J connectivity index is 1.96. The van der Waals surface area contributed by atoms with Gasteiger partial charge in [0, 0.05) is 18.3 Å². The zero-order chi connectivity index (χ0) is 9.80. The monoisotopic (exact) mass is 191 g/mol. The molecule has 1 heterocycles. The molecule has 76 valence electrons. The van der Waals surface area contributed by atoms with Crippen molar-refractivity contribution < 1.29 is 0 Å². The van der Waals surface area contributed by atoms with E-state index in [1.165, 1.54) is 25.7 Å². The third-order valence-corrected chi connectivity index (χ3v) is 3.13. The summed E-state index contributed by atoms with van der Waals surface area (Å²) in [7, 11) is 0. The Kier molecular flexibility index (Phi) is 3.09. The van der Waals surface area contributed by atoms with Crippen molar-refractivity contribution in [3.05, 3.63) is 24.3 Å². The lowest BCUT2D eigenvalue weighted by Gasteiger charge is -2.26. The van der Waals surface area contributed by atoms with Gasteiger partial charge in [0.1, 0.15) is 5.82 Å². The molecule has 2 N–H and O–H groups in total. The van der Waals surface area contributed by atoms with Gasteiger partial charge in [-0.05, 0) is 44.2 Å². The summed E-state index contributed by atoms with van der Waals surface area (Å²) < 4.78 is 0. The summed E-state index contributed by atoms with van der Waals surface area (Å²) in [6.07, 6.45) is 8.53. The Morgan fingerprint density at radius 2 is 1.79 bits per heavy atom. The molecule has 1 saturated carbocycles. The number of rotatable bonds is 2. The molecular weight excluding hydrogens is 174 g/mol. The van der Waals surface area contributed by atoms with Gasteiger partial charge in [-0.15, -0.1) is 0 Å². The first-order valence-corrected chi connectivity index (χ1v) is 5.37. The standard InChI is InChI=1S/C11H17N3/c12-8-9-2-4-10(5-3-9)11-13-6-1-7-14-11/h1,6-7,9-10H,2-5,8,12H2. The predicted molar refractivity (Wildman–Crippen MR) is 55.8 cm³/mol. The van der Waals surface area contributed by atoms with Gasteiger partial charge in [0.2, 0.25) is 0 Å². The second-order valence-corrected chi connectivity index (χ2v) is 4.06. The van der Waals surface area contributed by atoms with Crippen LogP contribution in [0.15, 0.2) is 18.5 Å². The fourth-order valence-electron chi connectivity index (χ4n) is 2.18. The van der Waals surface area contributed by atoms with Crippen molar-refractivity contribution in [2.75, 3.05) is 6.54 Å². The van der Waals surface area contributed by atoms with E-state index in [1.54, 1.807) is 0 Å². The van der Waals surface area contributed by atoms with E-state index < -0.39 is 0 Å². The van der Waals surface area contributed by atoms with Crippen molar-refractivity contribution in [3.8, 4) is 0 Å². The second-order valence-electron chi connectivity index (χ2n) is 4.06. The molecule has 1 aliphatic carbocycles. The summed E-state index contributed by atoms with van der Waals surface area (Å²) in [6.45, 7) is 0.836. The Morgan fingerprint density at radius 3 is 2.36 bits per heavy atom. The maximum Gasteiger partial charge on any atom is 0.131 e. The van der Waals surface area contributed by atoms with Crippen LogP contribution in [0.3, 0.4) is 0 Å². The van der Waals surface area contributed by atoms with Gasteiger partial charge < -0.3 is 5.73 Å². The van der Waals surface area contributed by atoms with Gasteiger partial charge in [0.15, 0.2) is 0 Å². The largest absolute Gasteiger partial charge is 0.330 e. The fourth-order valence-corrected chi connectivity index (χ4v) is 2.18. The Labute approximate surface area is 84.8 Å². The van der Waals surface area contributed by atoms with Crippen LogP contribution in [0.4, 0.5) is 0 Å². The summed E-state index contributed by atoms with van der Waals surface area (Å²) >= 11 is 0. The first-order chi connectivity index (χ1) is 6.90. The maximum atomic E-state index is 5.66. The van der Waals surface area contributed by atoms with Crippen LogP contribution in [0.1, 0.15) is 37.4 Å². The molecule has 0 spiro atoms. The summed E-state index contributed by atoms with van der Waals surface area (Å²) in [5, 5.41) is 0. The smallest absolute Gasteiger partial charge is 0.131 e. The fraction of sp³-hybridized carbons (Fsp3) is 0.636. The van der Waals surface area contributed by atoms with Crippen LogP contribution in [0.25, 0.3) is 0 Å². The molecule has 0 amide bonds. The molecule has 1 fully saturated rings. The van der Waals surface area contributed by atoms with Crippen molar-refractivity contribution in [1.29, 1.82) is 0 Å². The summed E-state index contributed by atoms with van der Waals surface area (Å²) in [5.74, 6) is 2.32. The first kappa shape index (κ1) is 9.59. The highest BCUT2D eigenvalue weighted by Crippen LogP contribution is 2.33. The molecule has 14 heavy (non-hydrogen) atoms. The average Bonchev–Trinajstić information content (AvgIpc) is 2.30. The minimum Gasteiger partial charge on any atom is -0.330 e. The highest BCUT2D eigenvalue weighted by atomic mass is 14.9. The third-order valence-electron chi connectivity index (χ3n) is 3.13. The SMILES string of the molecule is NCC1CCC(c2ncccn2)CC1. The highest BCUT2D eigenvalue weighted by Gasteiger charge is 2.22.